The average molecular weight is 263 g/mol. The number of hydrogen-bond donors (Lipinski definition) is 1. The molecule has 2 nitrogen and oxygen atoms in total. The van der Waals surface area contributed by atoms with E-state index in [2.05, 4.69) is 22.0 Å². The summed E-state index contributed by atoms with van der Waals surface area (Å²) in [6.45, 7) is 0. The van der Waals surface area contributed by atoms with E-state index in [1.165, 1.54) is 25.7 Å². The van der Waals surface area contributed by atoms with E-state index in [0.717, 1.165) is 19.3 Å². The number of halogens is 1. The highest BCUT2D eigenvalue weighted by atomic mass is 79.9. The molecule has 3 heteroatoms. The third-order valence-corrected chi connectivity index (χ3v) is 2.47. The number of aliphatic carboxylic acids is 1. The number of unbranched alkanes of at least 4 members (excludes halogenated alkanes) is 6. The highest BCUT2D eigenvalue weighted by Crippen LogP contribution is 2.08. The molecule has 0 spiro atoms. The molecule has 0 amide bonds. The molecule has 82 valence electrons. The standard InChI is InChI=1S/C11H19BrO2/c12-10-8-6-4-2-1-3-5-7-9-11(13)14/h8,10H,1-7,9H2,(H,13,14)/b10-8+. The van der Waals surface area contributed by atoms with Gasteiger partial charge in [0.25, 0.3) is 0 Å². The van der Waals surface area contributed by atoms with Crippen molar-refractivity contribution in [2.24, 2.45) is 0 Å². The molecule has 0 radical (unpaired) electrons. The van der Waals surface area contributed by atoms with Crippen molar-refractivity contribution in [3.8, 4) is 0 Å². The van der Waals surface area contributed by atoms with Crippen molar-refractivity contribution < 1.29 is 9.90 Å². The Balaban J connectivity index is 2.95. The second-order valence-electron chi connectivity index (χ2n) is 3.42. The zero-order chi connectivity index (χ0) is 10.6. The van der Waals surface area contributed by atoms with E-state index in [4.69, 9.17) is 5.11 Å². The predicted octanol–water partition coefficient (Wildman–Crippen LogP) is 4.10. The van der Waals surface area contributed by atoms with Crippen molar-refractivity contribution in [2.75, 3.05) is 0 Å². The van der Waals surface area contributed by atoms with Crippen LogP contribution >= 0.6 is 15.9 Å². The summed E-state index contributed by atoms with van der Waals surface area (Å²) in [6, 6.07) is 0. The zero-order valence-electron chi connectivity index (χ0n) is 8.54. The second kappa shape index (κ2) is 10.8. The maximum absolute atomic E-state index is 10.2. The fourth-order valence-electron chi connectivity index (χ4n) is 1.31. The summed E-state index contributed by atoms with van der Waals surface area (Å²) >= 11 is 3.23. The van der Waals surface area contributed by atoms with Crippen molar-refractivity contribution in [1.82, 2.24) is 0 Å². The van der Waals surface area contributed by atoms with E-state index in [0.29, 0.717) is 6.42 Å². The van der Waals surface area contributed by atoms with Crippen LogP contribution < -0.4 is 0 Å². The number of hydrogen-bond acceptors (Lipinski definition) is 1. The molecular weight excluding hydrogens is 244 g/mol. The quantitative estimate of drug-likeness (QED) is 0.636. The monoisotopic (exact) mass is 262 g/mol. The Bertz CT molecular complexity index is 167. The van der Waals surface area contributed by atoms with Gasteiger partial charge in [-0.25, -0.2) is 0 Å². The Hall–Kier alpha value is -0.310. The van der Waals surface area contributed by atoms with Crippen molar-refractivity contribution in [2.45, 2.75) is 51.4 Å². The number of allylic oxidation sites excluding steroid dienone is 1. The first-order chi connectivity index (χ1) is 6.77. The maximum Gasteiger partial charge on any atom is 0.303 e. The molecule has 0 saturated carbocycles. The van der Waals surface area contributed by atoms with Crippen LogP contribution in [0.3, 0.4) is 0 Å². The third-order valence-electron chi connectivity index (χ3n) is 2.10. The van der Waals surface area contributed by atoms with Crippen LogP contribution in [0.15, 0.2) is 11.1 Å². The summed E-state index contributed by atoms with van der Waals surface area (Å²) < 4.78 is 0. The van der Waals surface area contributed by atoms with Crippen LogP contribution in [0.5, 0.6) is 0 Å². The molecule has 0 aliphatic heterocycles. The molecule has 0 heterocycles. The molecule has 0 aliphatic carbocycles. The summed E-state index contributed by atoms with van der Waals surface area (Å²) in [7, 11) is 0. The minimum atomic E-state index is -0.674. The number of carboxylic acids is 1. The van der Waals surface area contributed by atoms with Crippen LogP contribution in [0.2, 0.25) is 0 Å². The lowest BCUT2D eigenvalue weighted by atomic mass is 10.1. The van der Waals surface area contributed by atoms with Gasteiger partial charge in [0.15, 0.2) is 0 Å². The summed E-state index contributed by atoms with van der Waals surface area (Å²) in [5.74, 6) is -0.674. The van der Waals surface area contributed by atoms with Crippen molar-refractivity contribution >= 4 is 21.9 Å². The van der Waals surface area contributed by atoms with Crippen LogP contribution in [0.1, 0.15) is 51.4 Å². The van der Waals surface area contributed by atoms with Gasteiger partial charge in [0.05, 0.1) is 0 Å². The van der Waals surface area contributed by atoms with E-state index in [9.17, 15) is 4.79 Å². The van der Waals surface area contributed by atoms with Gasteiger partial charge >= 0.3 is 5.97 Å². The number of carboxylic acid groups (broad SMARTS) is 1. The van der Waals surface area contributed by atoms with E-state index < -0.39 is 5.97 Å². The molecule has 0 aromatic rings. The smallest absolute Gasteiger partial charge is 0.303 e. The van der Waals surface area contributed by atoms with Gasteiger partial charge in [0.2, 0.25) is 0 Å². The lowest BCUT2D eigenvalue weighted by Gasteiger charge is -1.98. The van der Waals surface area contributed by atoms with E-state index in [-0.39, 0.29) is 0 Å². The molecule has 0 aliphatic rings. The Morgan fingerprint density at radius 3 is 2.21 bits per heavy atom. The summed E-state index contributed by atoms with van der Waals surface area (Å²) in [6.07, 6.45) is 10.4. The lowest BCUT2D eigenvalue weighted by Crippen LogP contribution is -1.93. The summed E-state index contributed by atoms with van der Waals surface area (Å²) in [5.41, 5.74) is 0. The Morgan fingerprint density at radius 1 is 1.07 bits per heavy atom. The molecular formula is C11H19BrO2. The fourth-order valence-corrected chi connectivity index (χ4v) is 1.57. The largest absolute Gasteiger partial charge is 0.481 e. The number of carbonyl (C=O) groups is 1. The van der Waals surface area contributed by atoms with E-state index >= 15 is 0 Å². The topological polar surface area (TPSA) is 37.3 Å². The predicted molar refractivity (Wildman–Crippen MR) is 62.6 cm³/mol. The van der Waals surface area contributed by atoms with Gasteiger partial charge in [-0.1, -0.05) is 47.7 Å². The first-order valence-electron chi connectivity index (χ1n) is 5.24. The van der Waals surface area contributed by atoms with Gasteiger partial charge in [-0.3, -0.25) is 4.79 Å². The van der Waals surface area contributed by atoms with Crippen molar-refractivity contribution in [3.05, 3.63) is 11.1 Å². The van der Waals surface area contributed by atoms with Gasteiger partial charge in [-0.15, -0.1) is 0 Å². The first kappa shape index (κ1) is 13.7. The highest BCUT2D eigenvalue weighted by Gasteiger charge is 1.95. The minimum absolute atomic E-state index is 0.326. The van der Waals surface area contributed by atoms with Gasteiger partial charge in [-0.2, -0.15) is 0 Å². The normalized spacial score (nSPS) is 10.9. The lowest BCUT2D eigenvalue weighted by molar-refractivity contribution is -0.137. The second-order valence-corrected chi connectivity index (χ2v) is 3.94. The van der Waals surface area contributed by atoms with Crippen LogP contribution in [0.25, 0.3) is 0 Å². The fraction of sp³-hybridized carbons (Fsp3) is 0.727. The molecule has 0 saturated heterocycles. The van der Waals surface area contributed by atoms with Gasteiger partial charge in [0, 0.05) is 6.42 Å². The number of rotatable bonds is 9. The molecule has 0 fully saturated rings. The van der Waals surface area contributed by atoms with Crippen LogP contribution in [-0.2, 0) is 4.79 Å². The molecule has 0 bridgehead atoms. The van der Waals surface area contributed by atoms with Crippen LogP contribution in [0.4, 0.5) is 0 Å². The molecule has 0 rings (SSSR count). The van der Waals surface area contributed by atoms with Gasteiger partial charge < -0.3 is 5.11 Å². The van der Waals surface area contributed by atoms with E-state index in [1.807, 2.05) is 4.99 Å². The Labute approximate surface area is 94.5 Å². The molecule has 0 aromatic carbocycles. The van der Waals surface area contributed by atoms with Crippen molar-refractivity contribution in [3.63, 3.8) is 0 Å². The SMILES string of the molecule is O=C(O)CCCCCCCC/C=C/Br. The Kier molecular flexibility index (Phi) is 10.5. The van der Waals surface area contributed by atoms with Gasteiger partial charge in [0.1, 0.15) is 0 Å². The third kappa shape index (κ3) is 11.7. The maximum atomic E-state index is 10.2. The minimum Gasteiger partial charge on any atom is -0.481 e. The molecule has 0 atom stereocenters. The van der Waals surface area contributed by atoms with Crippen molar-refractivity contribution in [1.29, 1.82) is 0 Å². The van der Waals surface area contributed by atoms with Crippen LogP contribution in [0, 0.1) is 0 Å². The summed E-state index contributed by atoms with van der Waals surface area (Å²) in [4.78, 5) is 12.1. The molecule has 1 N–H and O–H groups in total. The summed E-state index contributed by atoms with van der Waals surface area (Å²) in [5, 5.41) is 8.40. The Morgan fingerprint density at radius 2 is 1.64 bits per heavy atom. The van der Waals surface area contributed by atoms with E-state index in [1.54, 1.807) is 0 Å². The first-order valence-corrected chi connectivity index (χ1v) is 6.16. The molecule has 0 unspecified atom stereocenters. The zero-order valence-corrected chi connectivity index (χ0v) is 10.1. The molecule has 0 aromatic heterocycles. The van der Waals surface area contributed by atoms with Crippen LogP contribution in [-0.4, -0.2) is 11.1 Å². The van der Waals surface area contributed by atoms with Gasteiger partial charge in [-0.05, 0) is 24.2 Å². The average Bonchev–Trinajstić information content (AvgIpc) is 2.15. The highest BCUT2D eigenvalue weighted by molar-refractivity contribution is 9.11. The molecule has 14 heavy (non-hydrogen) atoms.